The number of hydrogen-bond acceptors (Lipinski definition) is 3. The van der Waals surface area contributed by atoms with E-state index in [-0.39, 0.29) is 0 Å². The molecule has 3 aromatic rings. The van der Waals surface area contributed by atoms with Gasteiger partial charge in [-0.1, -0.05) is 40.9 Å². The van der Waals surface area contributed by atoms with Crippen LogP contribution in [-0.4, -0.2) is 9.97 Å². The first-order chi connectivity index (χ1) is 10.5. The molecule has 0 aliphatic carbocycles. The fourth-order valence-corrected chi connectivity index (χ4v) is 2.97. The third-order valence-electron chi connectivity index (χ3n) is 2.99. The van der Waals surface area contributed by atoms with Gasteiger partial charge in [0.15, 0.2) is 11.7 Å². The molecule has 0 amide bonds. The van der Waals surface area contributed by atoms with Crippen LogP contribution in [0.25, 0.3) is 22.6 Å². The number of hydrogen-bond donors (Lipinski definition) is 0. The number of aromatic nitrogens is 2. The number of rotatable bonds is 2. The minimum Gasteiger partial charge on any atom is -0.440 e. The molecule has 7 heteroatoms. The molecule has 0 aliphatic rings. The number of oxazole rings is 1. The second kappa shape index (κ2) is 6.20. The van der Waals surface area contributed by atoms with Gasteiger partial charge in [0.1, 0.15) is 10.8 Å². The lowest BCUT2D eigenvalue weighted by Gasteiger charge is -2.06. The molecule has 2 aromatic heterocycles. The lowest BCUT2D eigenvalue weighted by atomic mass is 10.1. The minimum absolute atomic E-state index is 0.330. The monoisotopic (exact) mass is 416 g/mol. The van der Waals surface area contributed by atoms with Crippen molar-refractivity contribution in [3.8, 4) is 22.6 Å². The van der Waals surface area contributed by atoms with Crippen molar-refractivity contribution in [3.63, 3.8) is 0 Å². The quantitative estimate of drug-likeness (QED) is 0.450. The molecule has 22 heavy (non-hydrogen) atoms. The van der Waals surface area contributed by atoms with Gasteiger partial charge in [-0.15, -0.1) is 0 Å². The summed E-state index contributed by atoms with van der Waals surface area (Å²) < 4.78 is 6.52. The lowest BCUT2D eigenvalue weighted by molar-refractivity contribution is 0.534. The molecule has 0 N–H and O–H groups in total. The van der Waals surface area contributed by atoms with Crippen LogP contribution >= 0.6 is 50.7 Å². The molecule has 0 aliphatic heterocycles. The highest BCUT2D eigenvalue weighted by Crippen LogP contribution is 2.41. The van der Waals surface area contributed by atoms with Crippen LogP contribution in [0.15, 0.2) is 39.4 Å². The van der Waals surface area contributed by atoms with Crippen molar-refractivity contribution >= 4 is 50.7 Å². The summed E-state index contributed by atoms with van der Waals surface area (Å²) in [4.78, 5) is 8.53. The normalized spacial score (nSPS) is 11.0. The van der Waals surface area contributed by atoms with E-state index in [9.17, 15) is 0 Å². The van der Waals surface area contributed by atoms with E-state index in [4.69, 9.17) is 39.2 Å². The van der Waals surface area contributed by atoms with Crippen LogP contribution in [0.2, 0.25) is 15.2 Å². The highest BCUT2D eigenvalue weighted by atomic mass is 79.9. The van der Waals surface area contributed by atoms with Gasteiger partial charge >= 0.3 is 0 Å². The van der Waals surface area contributed by atoms with Crippen LogP contribution < -0.4 is 0 Å². The molecule has 0 bridgehead atoms. The van der Waals surface area contributed by atoms with Crippen LogP contribution in [0.3, 0.4) is 0 Å². The molecule has 0 saturated carbocycles. The number of benzene rings is 1. The van der Waals surface area contributed by atoms with Crippen LogP contribution in [-0.2, 0) is 0 Å². The fraction of sp³-hybridized carbons (Fsp3) is 0.0667. The topological polar surface area (TPSA) is 38.9 Å². The van der Waals surface area contributed by atoms with Crippen molar-refractivity contribution in [2.45, 2.75) is 6.92 Å². The summed E-state index contributed by atoms with van der Waals surface area (Å²) in [7, 11) is 0. The third-order valence-corrected chi connectivity index (χ3v) is 4.54. The molecule has 0 saturated heterocycles. The summed E-state index contributed by atoms with van der Waals surface area (Å²) >= 11 is 22.0. The Hall–Kier alpha value is -1.07. The van der Waals surface area contributed by atoms with Gasteiger partial charge in [0, 0.05) is 28.7 Å². The van der Waals surface area contributed by atoms with Crippen LogP contribution in [0, 0.1) is 6.92 Å². The fourth-order valence-electron chi connectivity index (χ4n) is 2.06. The van der Waals surface area contributed by atoms with Gasteiger partial charge in [0.2, 0.25) is 0 Å². The summed E-state index contributed by atoms with van der Waals surface area (Å²) in [6, 6.07) is 7.15. The Morgan fingerprint density at radius 2 is 1.91 bits per heavy atom. The molecule has 2 heterocycles. The third kappa shape index (κ3) is 2.88. The van der Waals surface area contributed by atoms with Gasteiger partial charge in [-0.05, 0) is 34.1 Å². The van der Waals surface area contributed by atoms with Gasteiger partial charge in [-0.2, -0.15) is 0 Å². The summed E-state index contributed by atoms with van der Waals surface area (Å²) in [6.45, 7) is 1.75. The van der Waals surface area contributed by atoms with Crippen LogP contribution in [0.4, 0.5) is 0 Å². The standard InChI is InChI=1S/C15H8BrCl3N2O/c1-7-21-13(10-5-8(16)6-20-15(10)19)14(22-7)9-3-2-4-11(17)12(9)18/h2-6H,1H3. The zero-order valence-electron chi connectivity index (χ0n) is 11.2. The van der Waals surface area contributed by atoms with E-state index in [1.807, 2.05) is 12.1 Å². The van der Waals surface area contributed by atoms with Crippen molar-refractivity contribution in [2.75, 3.05) is 0 Å². The van der Waals surface area contributed by atoms with E-state index in [1.54, 1.807) is 25.3 Å². The van der Waals surface area contributed by atoms with Gasteiger partial charge in [-0.3, -0.25) is 0 Å². The Balaban J connectivity index is 2.27. The summed E-state index contributed by atoms with van der Waals surface area (Å²) in [6.07, 6.45) is 1.62. The van der Waals surface area contributed by atoms with Crippen molar-refractivity contribution < 1.29 is 4.42 Å². The average Bonchev–Trinajstić information content (AvgIpc) is 2.86. The molecule has 1 aromatic carbocycles. The Labute approximate surface area is 150 Å². The zero-order chi connectivity index (χ0) is 15.9. The van der Waals surface area contributed by atoms with Gasteiger partial charge in [0.25, 0.3) is 0 Å². The molecule has 3 rings (SSSR count). The molecular formula is C15H8BrCl3N2O. The van der Waals surface area contributed by atoms with E-state index in [0.717, 1.165) is 4.47 Å². The maximum Gasteiger partial charge on any atom is 0.192 e. The van der Waals surface area contributed by atoms with Crippen LogP contribution in [0.1, 0.15) is 5.89 Å². The van der Waals surface area contributed by atoms with E-state index in [2.05, 4.69) is 25.9 Å². The molecule has 0 fully saturated rings. The highest BCUT2D eigenvalue weighted by Gasteiger charge is 2.21. The van der Waals surface area contributed by atoms with Crippen molar-refractivity contribution in [1.82, 2.24) is 9.97 Å². The molecule has 3 nitrogen and oxygen atoms in total. The number of pyridine rings is 1. The first-order valence-electron chi connectivity index (χ1n) is 6.20. The van der Waals surface area contributed by atoms with Crippen molar-refractivity contribution in [3.05, 3.63) is 56.0 Å². The maximum absolute atomic E-state index is 6.29. The molecule has 0 unspecified atom stereocenters. The van der Waals surface area contributed by atoms with E-state index < -0.39 is 0 Å². The predicted molar refractivity (Wildman–Crippen MR) is 92.6 cm³/mol. The van der Waals surface area contributed by atoms with E-state index in [1.165, 1.54) is 0 Å². The first kappa shape index (κ1) is 15.8. The zero-order valence-corrected chi connectivity index (χ0v) is 15.1. The van der Waals surface area contributed by atoms with Crippen molar-refractivity contribution in [1.29, 1.82) is 0 Å². The van der Waals surface area contributed by atoms with Crippen LogP contribution in [0.5, 0.6) is 0 Å². The molecule has 0 radical (unpaired) electrons. The number of aryl methyl sites for hydroxylation is 1. The largest absolute Gasteiger partial charge is 0.440 e. The molecule has 0 spiro atoms. The van der Waals surface area contributed by atoms with Gasteiger partial charge in [0.05, 0.1) is 10.0 Å². The minimum atomic E-state index is 0.330. The van der Waals surface area contributed by atoms with Gasteiger partial charge in [-0.25, -0.2) is 9.97 Å². The SMILES string of the molecule is Cc1nc(-c2cc(Br)cnc2Cl)c(-c2cccc(Cl)c2Cl)o1. The summed E-state index contributed by atoms with van der Waals surface area (Å²) in [5.74, 6) is 1.00. The lowest BCUT2D eigenvalue weighted by Crippen LogP contribution is -1.88. The molecule has 0 atom stereocenters. The maximum atomic E-state index is 6.29. The second-order valence-electron chi connectivity index (χ2n) is 4.50. The average molecular weight is 419 g/mol. The summed E-state index contributed by atoms with van der Waals surface area (Å²) in [5.41, 5.74) is 1.88. The Kier molecular flexibility index (Phi) is 4.46. The summed E-state index contributed by atoms with van der Waals surface area (Å²) in [5, 5.41) is 1.18. The smallest absolute Gasteiger partial charge is 0.192 e. The number of halogens is 4. The second-order valence-corrected chi connectivity index (χ2v) is 6.56. The van der Waals surface area contributed by atoms with E-state index >= 15 is 0 Å². The predicted octanol–water partition coefficient (Wildman–Crippen LogP) is 6.43. The van der Waals surface area contributed by atoms with Gasteiger partial charge < -0.3 is 4.42 Å². The Morgan fingerprint density at radius 3 is 2.68 bits per heavy atom. The van der Waals surface area contributed by atoms with E-state index in [0.29, 0.717) is 43.7 Å². The number of nitrogens with zero attached hydrogens (tertiary/aromatic N) is 2. The Morgan fingerprint density at radius 1 is 1.14 bits per heavy atom. The molecular weight excluding hydrogens is 410 g/mol. The Bertz CT molecular complexity index is 844. The highest BCUT2D eigenvalue weighted by molar-refractivity contribution is 9.10. The molecule has 112 valence electrons. The van der Waals surface area contributed by atoms with Crippen molar-refractivity contribution in [2.24, 2.45) is 0 Å². The first-order valence-corrected chi connectivity index (χ1v) is 8.13.